The summed E-state index contributed by atoms with van der Waals surface area (Å²) in [5.41, 5.74) is 6.64. The first kappa shape index (κ1) is 10.8. The van der Waals surface area contributed by atoms with Gasteiger partial charge in [0.15, 0.2) is 0 Å². The van der Waals surface area contributed by atoms with E-state index in [-0.39, 0.29) is 0 Å². The average molecular weight is 288 g/mol. The van der Waals surface area contributed by atoms with Crippen molar-refractivity contribution in [2.75, 3.05) is 5.32 Å². The predicted molar refractivity (Wildman–Crippen MR) is 76.0 cm³/mol. The van der Waals surface area contributed by atoms with Crippen LogP contribution in [0.1, 0.15) is 16.7 Å². The van der Waals surface area contributed by atoms with Gasteiger partial charge in [-0.1, -0.05) is 34.1 Å². The van der Waals surface area contributed by atoms with Gasteiger partial charge in [-0.15, -0.1) is 0 Å². The Kier molecular flexibility index (Phi) is 2.67. The van der Waals surface area contributed by atoms with Gasteiger partial charge in [-0.2, -0.15) is 0 Å². The normalized spacial score (nSPS) is 13.3. The Morgan fingerprint density at radius 1 is 1.06 bits per heavy atom. The monoisotopic (exact) mass is 287 g/mol. The van der Waals surface area contributed by atoms with Crippen molar-refractivity contribution in [2.45, 2.75) is 19.8 Å². The van der Waals surface area contributed by atoms with Gasteiger partial charge in [0, 0.05) is 15.8 Å². The van der Waals surface area contributed by atoms with Crippen LogP contribution >= 0.6 is 15.9 Å². The summed E-state index contributed by atoms with van der Waals surface area (Å²) in [5.74, 6) is 0. The Morgan fingerprint density at radius 2 is 1.88 bits per heavy atom. The Balaban J connectivity index is 2.12. The largest absolute Gasteiger partial charge is 0.355 e. The molecule has 0 aliphatic carbocycles. The molecule has 2 aromatic rings. The van der Waals surface area contributed by atoms with Gasteiger partial charge >= 0.3 is 0 Å². The first-order chi connectivity index (χ1) is 8.24. The van der Waals surface area contributed by atoms with Crippen molar-refractivity contribution in [3.63, 3.8) is 0 Å². The van der Waals surface area contributed by atoms with Crippen molar-refractivity contribution in [3.05, 3.63) is 57.6 Å². The quantitative estimate of drug-likeness (QED) is 0.747. The minimum atomic E-state index is 1.10. The van der Waals surface area contributed by atoms with E-state index in [4.69, 9.17) is 0 Å². The van der Waals surface area contributed by atoms with Gasteiger partial charge in [0.2, 0.25) is 0 Å². The number of halogens is 1. The fourth-order valence-electron chi connectivity index (χ4n) is 2.41. The molecule has 0 saturated heterocycles. The standard InChI is InChI=1S/C15H14BrN/c1-10-3-2-4-11-5-6-12-9-13(16)7-8-14(12)17-15(10)11/h2-4,7-9,17H,5-6H2,1H3. The Labute approximate surface area is 110 Å². The number of rotatable bonds is 0. The molecule has 3 rings (SSSR count). The topological polar surface area (TPSA) is 12.0 Å². The van der Waals surface area contributed by atoms with Crippen LogP contribution in [0.4, 0.5) is 11.4 Å². The van der Waals surface area contributed by atoms with E-state index in [1.165, 1.54) is 28.1 Å². The molecule has 2 aromatic carbocycles. The number of nitrogens with one attached hydrogen (secondary N) is 1. The van der Waals surface area contributed by atoms with E-state index in [2.05, 4.69) is 64.6 Å². The molecule has 0 atom stereocenters. The third-order valence-electron chi connectivity index (χ3n) is 3.35. The van der Waals surface area contributed by atoms with Crippen LogP contribution in [-0.4, -0.2) is 0 Å². The predicted octanol–water partition coefficient (Wildman–Crippen LogP) is 4.60. The summed E-state index contributed by atoms with van der Waals surface area (Å²) >= 11 is 3.54. The molecule has 17 heavy (non-hydrogen) atoms. The lowest BCUT2D eigenvalue weighted by atomic mass is 10.0. The maximum absolute atomic E-state index is 3.58. The molecule has 2 heteroatoms. The summed E-state index contributed by atoms with van der Waals surface area (Å²) < 4.78 is 1.15. The fraction of sp³-hybridized carbons (Fsp3) is 0.200. The van der Waals surface area contributed by atoms with E-state index in [0.29, 0.717) is 0 Å². The van der Waals surface area contributed by atoms with Crippen molar-refractivity contribution in [2.24, 2.45) is 0 Å². The number of para-hydroxylation sites is 1. The van der Waals surface area contributed by atoms with Crippen molar-refractivity contribution in [1.29, 1.82) is 0 Å². The first-order valence-electron chi connectivity index (χ1n) is 5.88. The van der Waals surface area contributed by atoms with Crippen LogP contribution in [0.5, 0.6) is 0 Å². The van der Waals surface area contributed by atoms with Crippen LogP contribution in [0, 0.1) is 6.92 Å². The summed E-state index contributed by atoms with van der Waals surface area (Å²) in [7, 11) is 0. The van der Waals surface area contributed by atoms with Crippen LogP contribution < -0.4 is 5.32 Å². The summed E-state index contributed by atoms with van der Waals surface area (Å²) in [6.07, 6.45) is 2.20. The van der Waals surface area contributed by atoms with Crippen LogP contribution in [-0.2, 0) is 12.8 Å². The average Bonchev–Trinajstić information content (AvgIpc) is 2.49. The highest BCUT2D eigenvalue weighted by atomic mass is 79.9. The number of aryl methyl sites for hydroxylation is 3. The molecule has 0 aromatic heterocycles. The molecular formula is C15H14BrN. The van der Waals surface area contributed by atoms with Crippen molar-refractivity contribution in [3.8, 4) is 0 Å². The van der Waals surface area contributed by atoms with E-state index in [1.54, 1.807) is 0 Å². The number of anilines is 2. The Hall–Kier alpha value is -1.28. The molecule has 0 saturated carbocycles. The summed E-state index contributed by atoms with van der Waals surface area (Å²) in [4.78, 5) is 0. The fourth-order valence-corrected chi connectivity index (χ4v) is 2.82. The molecule has 86 valence electrons. The van der Waals surface area contributed by atoms with E-state index in [1.807, 2.05) is 0 Å². The maximum atomic E-state index is 3.58. The molecule has 1 aliphatic rings. The molecule has 1 heterocycles. The molecule has 0 bridgehead atoms. The number of hydrogen-bond acceptors (Lipinski definition) is 1. The highest BCUT2D eigenvalue weighted by molar-refractivity contribution is 9.10. The van der Waals surface area contributed by atoms with E-state index in [9.17, 15) is 0 Å². The third kappa shape index (κ3) is 1.98. The van der Waals surface area contributed by atoms with E-state index in [0.717, 1.165) is 17.3 Å². The van der Waals surface area contributed by atoms with Gasteiger partial charge in [0.25, 0.3) is 0 Å². The van der Waals surface area contributed by atoms with Gasteiger partial charge in [-0.25, -0.2) is 0 Å². The molecule has 0 spiro atoms. The Bertz CT molecular complexity index is 575. The zero-order chi connectivity index (χ0) is 11.8. The molecule has 0 unspecified atom stereocenters. The number of fused-ring (bicyclic) bond motifs is 2. The highest BCUT2D eigenvalue weighted by Crippen LogP contribution is 2.33. The van der Waals surface area contributed by atoms with Crippen molar-refractivity contribution >= 4 is 27.3 Å². The molecular weight excluding hydrogens is 274 g/mol. The molecule has 1 nitrogen and oxygen atoms in total. The third-order valence-corrected chi connectivity index (χ3v) is 3.84. The summed E-state index contributed by atoms with van der Waals surface area (Å²) in [6, 6.07) is 13.0. The van der Waals surface area contributed by atoms with Crippen molar-refractivity contribution in [1.82, 2.24) is 0 Å². The van der Waals surface area contributed by atoms with E-state index < -0.39 is 0 Å². The molecule has 0 amide bonds. The summed E-state index contributed by atoms with van der Waals surface area (Å²) in [6.45, 7) is 2.16. The van der Waals surface area contributed by atoms with Crippen LogP contribution in [0.25, 0.3) is 0 Å². The van der Waals surface area contributed by atoms with Crippen molar-refractivity contribution < 1.29 is 0 Å². The summed E-state index contributed by atoms with van der Waals surface area (Å²) in [5, 5.41) is 3.58. The second kappa shape index (κ2) is 4.19. The lowest BCUT2D eigenvalue weighted by Crippen LogP contribution is -1.95. The van der Waals surface area contributed by atoms with Gasteiger partial charge in [0.1, 0.15) is 0 Å². The Morgan fingerprint density at radius 3 is 2.76 bits per heavy atom. The minimum Gasteiger partial charge on any atom is -0.355 e. The second-order valence-corrected chi connectivity index (χ2v) is 5.45. The van der Waals surface area contributed by atoms with Crippen LogP contribution in [0.15, 0.2) is 40.9 Å². The lowest BCUT2D eigenvalue weighted by molar-refractivity contribution is 0.975. The SMILES string of the molecule is Cc1cccc2c1Nc1ccc(Br)cc1CC2. The van der Waals surface area contributed by atoms with E-state index >= 15 is 0 Å². The molecule has 1 N–H and O–H groups in total. The molecule has 1 aliphatic heterocycles. The van der Waals surface area contributed by atoms with Crippen LogP contribution in [0.2, 0.25) is 0 Å². The van der Waals surface area contributed by atoms with Gasteiger partial charge in [-0.05, 0) is 54.7 Å². The minimum absolute atomic E-state index is 1.10. The van der Waals surface area contributed by atoms with Gasteiger partial charge in [-0.3, -0.25) is 0 Å². The highest BCUT2D eigenvalue weighted by Gasteiger charge is 2.13. The van der Waals surface area contributed by atoms with Gasteiger partial charge in [0.05, 0.1) is 0 Å². The van der Waals surface area contributed by atoms with Gasteiger partial charge < -0.3 is 5.32 Å². The number of hydrogen-bond donors (Lipinski definition) is 1. The maximum Gasteiger partial charge on any atom is 0.0446 e. The molecule has 0 fully saturated rings. The molecule has 0 radical (unpaired) electrons. The second-order valence-electron chi connectivity index (χ2n) is 4.54. The smallest absolute Gasteiger partial charge is 0.0446 e. The first-order valence-corrected chi connectivity index (χ1v) is 6.67. The zero-order valence-corrected chi connectivity index (χ0v) is 11.3. The zero-order valence-electron chi connectivity index (χ0n) is 9.76. The number of benzene rings is 2. The lowest BCUT2D eigenvalue weighted by Gasteiger charge is -2.12. The van der Waals surface area contributed by atoms with Crippen LogP contribution in [0.3, 0.4) is 0 Å².